The van der Waals surface area contributed by atoms with Crippen LogP contribution in [0.3, 0.4) is 0 Å². The van der Waals surface area contributed by atoms with Gasteiger partial charge in [-0.2, -0.15) is 0 Å². The summed E-state index contributed by atoms with van der Waals surface area (Å²) in [6.07, 6.45) is 0.483. The number of thiophene rings is 1. The van der Waals surface area contributed by atoms with E-state index in [4.69, 9.17) is 17.3 Å². The number of nitrogens with zero attached hydrogens (tertiary/aromatic N) is 1. The molecule has 2 aromatic rings. The minimum Gasteiger partial charge on any atom is -0.465 e. The predicted molar refractivity (Wildman–Crippen MR) is 118 cm³/mol. The number of carbonyl (C=O) groups is 2. The number of nitrogens with two attached hydrogens (primary N) is 1. The predicted octanol–water partition coefficient (Wildman–Crippen LogP) is 4.94. The van der Waals surface area contributed by atoms with Crippen molar-refractivity contribution in [2.24, 2.45) is 5.41 Å². The molecule has 156 valence electrons. The zero-order valence-corrected chi connectivity index (χ0v) is 18.3. The third kappa shape index (κ3) is 4.67. The zero-order valence-electron chi connectivity index (χ0n) is 16.7. The first kappa shape index (κ1) is 21.5. The molecule has 1 fully saturated rings. The molecular formula is C21H26ClN3O3S. The van der Waals surface area contributed by atoms with Crippen LogP contribution in [0.4, 0.5) is 10.5 Å². The van der Waals surface area contributed by atoms with Gasteiger partial charge in [0.15, 0.2) is 0 Å². The molecule has 1 aliphatic rings. The minimum absolute atomic E-state index is 0.265. The van der Waals surface area contributed by atoms with Crippen LogP contribution >= 0.6 is 22.9 Å². The van der Waals surface area contributed by atoms with E-state index in [1.807, 2.05) is 32.9 Å². The van der Waals surface area contributed by atoms with E-state index in [2.05, 4.69) is 5.32 Å². The number of carbonyl (C=O) groups excluding carboxylic acids is 1. The van der Waals surface area contributed by atoms with Crippen LogP contribution in [0.5, 0.6) is 0 Å². The van der Waals surface area contributed by atoms with Gasteiger partial charge >= 0.3 is 6.09 Å². The van der Waals surface area contributed by atoms with E-state index >= 15 is 0 Å². The molecule has 4 N–H and O–H groups in total. The molecule has 1 saturated heterocycles. The lowest BCUT2D eigenvalue weighted by molar-refractivity contribution is 0.0359. The van der Waals surface area contributed by atoms with Gasteiger partial charge in [-0.3, -0.25) is 4.79 Å². The summed E-state index contributed by atoms with van der Waals surface area (Å²) in [6.45, 7) is 6.47. The molecule has 1 aliphatic heterocycles. The van der Waals surface area contributed by atoms with Gasteiger partial charge in [0.05, 0.1) is 17.8 Å². The molecule has 2 heterocycles. The van der Waals surface area contributed by atoms with E-state index in [9.17, 15) is 14.7 Å². The van der Waals surface area contributed by atoms with Crippen LogP contribution in [0.15, 0.2) is 30.3 Å². The van der Waals surface area contributed by atoms with Crippen LogP contribution in [0, 0.1) is 5.41 Å². The first-order valence-corrected chi connectivity index (χ1v) is 10.7. The van der Waals surface area contributed by atoms with Crippen molar-refractivity contribution in [2.75, 3.05) is 12.3 Å². The molecule has 0 saturated carbocycles. The molecule has 0 aliphatic carbocycles. The molecule has 2 amide bonds. The highest BCUT2D eigenvalue weighted by molar-refractivity contribution is 7.18. The Hall–Kier alpha value is -2.25. The smallest absolute Gasteiger partial charge is 0.407 e. The number of piperidine rings is 1. The number of hydrogen-bond donors (Lipinski definition) is 3. The number of hydrogen-bond acceptors (Lipinski definition) is 4. The minimum atomic E-state index is -0.954. The summed E-state index contributed by atoms with van der Waals surface area (Å²) in [5.74, 6) is -0.265. The third-order valence-electron chi connectivity index (χ3n) is 5.18. The monoisotopic (exact) mass is 435 g/mol. The Labute approximate surface area is 179 Å². The summed E-state index contributed by atoms with van der Waals surface area (Å²) in [4.78, 5) is 27.5. The van der Waals surface area contributed by atoms with Crippen molar-refractivity contribution in [3.8, 4) is 10.4 Å². The lowest BCUT2D eigenvalue weighted by Gasteiger charge is -2.46. The summed E-state index contributed by atoms with van der Waals surface area (Å²) in [5.41, 5.74) is 7.17. The highest BCUT2D eigenvalue weighted by Gasteiger charge is 2.42. The van der Waals surface area contributed by atoms with E-state index in [0.29, 0.717) is 28.6 Å². The van der Waals surface area contributed by atoms with Crippen molar-refractivity contribution in [2.45, 2.75) is 45.7 Å². The summed E-state index contributed by atoms with van der Waals surface area (Å²) >= 11 is 7.27. The number of nitrogen functional groups attached to an aromatic ring is 1. The van der Waals surface area contributed by atoms with Crippen LogP contribution in [0.25, 0.3) is 10.4 Å². The maximum atomic E-state index is 13.0. The van der Waals surface area contributed by atoms with Crippen LogP contribution in [-0.4, -0.2) is 40.6 Å². The number of rotatable bonds is 3. The molecule has 3 rings (SSSR count). The molecule has 0 radical (unpaired) electrons. The van der Waals surface area contributed by atoms with Crippen molar-refractivity contribution in [3.63, 3.8) is 0 Å². The van der Waals surface area contributed by atoms with Crippen molar-refractivity contribution >= 4 is 40.6 Å². The third-order valence-corrected chi connectivity index (χ3v) is 6.63. The average molecular weight is 436 g/mol. The Balaban J connectivity index is 1.83. The van der Waals surface area contributed by atoms with Crippen molar-refractivity contribution in [3.05, 3.63) is 40.2 Å². The van der Waals surface area contributed by atoms with Crippen LogP contribution in [-0.2, 0) is 0 Å². The topological polar surface area (TPSA) is 95.7 Å². The second-order valence-electron chi connectivity index (χ2n) is 8.41. The number of likely N-dealkylation sites (tertiary alicyclic amines) is 1. The molecular weight excluding hydrogens is 410 g/mol. The number of carboxylic acid groups (broad SMARTS) is 1. The maximum Gasteiger partial charge on any atom is 0.407 e. The lowest BCUT2D eigenvalue weighted by atomic mass is 9.77. The number of benzene rings is 1. The van der Waals surface area contributed by atoms with Crippen molar-refractivity contribution in [1.82, 2.24) is 10.2 Å². The summed E-state index contributed by atoms with van der Waals surface area (Å²) < 4.78 is 0. The number of amides is 2. The van der Waals surface area contributed by atoms with Crippen LogP contribution in [0.1, 0.15) is 43.3 Å². The number of anilines is 1. The Kier molecular flexibility index (Phi) is 6.10. The SMILES string of the molecule is CC(C)(C)C1[C@@H](NC(=O)c2sc(-c3ccc(Cl)cc3)cc2N)CCCN1C(=O)O. The molecule has 1 unspecified atom stereocenters. The number of nitrogens with one attached hydrogen (secondary N) is 1. The lowest BCUT2D eigenvalue weighted by Crippen LogP contribution is -2.61. The summed E-state index contributed by atoms with van der Waals surface area (Å²) in [7, 11) is 0. The van der Waals surface area contributed by atoms with Crippen LogP contribution < -0.4 is 11.1 Å². The maximum absolute atomic E-state index is 13.0. The Morgan fingerprint density at radius 2 is 1.93 bits per heavy atom. The Bertz CT molecular complexity index is 905. The van der Waals surface area contributed by atoms with E-state index in [0.717, 1.165) is 16.9 Å². The zero-order chi connectivity index (χ0) is 21.3. The van der Waals surface area contributed by atoms with Gasteiger partial charge in [0, 0.05) is 16.4 Å². The normalized spacial score (nSPS) is 19.8. The van der Waals surface area contributed by atoms with E-state index < -0.39 is 6.09 Å². The average Bonchev–Trinajstić information content (AvgIpc) is 3.03. The number of halogens is 1. The Morgan fingerprint density at radius 1 is 1.28 bits per heavy atom. The van der Waals surface area contributed by atoms with Gasteiger partial charge in [0.1, 0.15) is 4.88 Å². The Morgan fingerprint density at radius 3 is 2.52 bits per heavy atom. The molecule has 6 nitrogen and oxygen atoms in total. The molecule has 1 aromatic carbocycles. The molecule has 0 bridgehead atoms. The second-order valence-corrected chi connectivity index (χ2v) is 9.90. The van der Waals surface area contributed by atoms with Gasteiger partial charge in [0.2, 0.25) is 0 Å². The van der Waals surface area contributed by atoms with E-state index in [1.165, 1.54) is 16.2 Å². The van der Waals surface area contributed by atoms with Gasteiger partial charge in [-0.1, -0.05) is 44.5 Å². The van der Waals surface area contributed by atoms with Gasteiger partial charge in [-0.25, -0.2) is 4.79 Å². The molecule has 2 atom stereocenters. The van der Waals surface area contributed by atoms with Crippen LogP contribution in [0.2, 0.25) is 5.02 Å². The van der Waals surface area contributed by atoms with Gasteiger partial charge in [-0.05, 0) is 42.0 Å². The fraction of sp³-hybridized carbons (Fsp3) is 0.429. The highest BCUT2D eigenvalue weighted by atomic mass is 35.5. The van der Waals surface area contributed by atoms with Gasteiger partial charge < -0.3 is 21.1 Å². The molecule has 0 spiro atoms. The molecule has 8 heteroatoms. The van der Waals surface area contributed by atoms with Gasteiger partial charge in [0.25, 0.3) is 5.91 Å². The fourth-order valence-corrected chi connectivity index (χ4v) is 5.12. The summed E-state index contributed by atoms with van der Waals surface area (Å²) in [5, 5.41) is 13.3. The fourth-order valence-electron chi connectivity index (χ4n) is 4.01. The van der Waals surface area contributed by atoms with Crippen molar-refractivity contribution in [1.29, 1.82) is 0 Å². The molecule has 29 heavy (non-hydrogen) atoms. The molecule has 1 aromatic heterocycles. The van der Waals surface area contributed by atoms with E-state index in [-0.39, 0.29) is 23.4 Å². The quantitative estimate of drug-likeness (QED) is 0.636. The highest BCUT2D eigenvalue weighted by Crippen LogP contribution is 2.35. The summed E-state index contributed by atoms with van der Waals surface area (Å²) in [6, 6.07) is 8.57. The first-order chi connectivity index (χ1) is 13.6. The van der Waals surface area contributed by atoms with E-state index in [1.54, 1.807) is 18.2 Å². The first-order valence-electron chi connectivity index (χ1n) is 9.53. The van der Waals surface area contributed by atoms with Crippen molar-refractivity contribution < 1.29 is 14.7 Å². The second kappa shape index (κ2) is 8.24. The largest absolute Gasteiger partial charge is 0.465 e. The standard InChI is InChI=1S/C21H26ClN3O3S/c1-21(2,3)18-15(5-4-10-25(18)20(27)28)24-19(26)17-14(23)11-16(29-17)12-6-8-13(22)9-7-12/h6-9,11,15,18H,4-5,10,23H2,1-3H3,(H,24,26)(H,27,28)/t15-,18?/m0/s1. The van der Waals surface area contributed by atoms with Gasteiger partial charge in [-0.15, -0.1) is 11.3 Å².